The summed E-state index contributed by atoms with van der Waals surface area (Å²) in [6, 6.07) is 10.3. The van der Waals surface area contributed by atoms with Crippen LogP contribution in [0.4, 0.5) is 5.69 Å². The summed E-state index contributed by atoms with van der Waals surface area (Å²) in [4.78, 5) is 0. The average Bonchev–Trinajstić information content (AvgIpc) is 2.88. The zero-order chi connectivity index (χ0) is 14.4. The van der Waals surface area contributed by atoms with Crippen LogP contribution in [0.15, 0.2) is 42.7 Å². The average molecular weight is 275 g/mol. The molecule has 1 N–H and O–H groups in total. The highest BCUT2D eigenvalue weighted by Crippen LogP contribution is 2.11. The second-order valence-electron chi connectivity index (χ2n) is 4.68. The van der Waals surface area contributed by atoms with Gasteiger partial charge >= 0.3 is 0 Å². The summed E-state index contributed by atoms with van der Waals surface area (Å²) in [5.41, 5.74) is 2.18. The summed E-state index contributed by atoms with van der Waals surface area (Å²) in [7, 11) is 3.26. The third kappa shape index (κ3) is 3.82. The Labute approximate surface area is 119 Å². The molecule has 0 saturated heterocycles. The molecule has 5 nitrogen and oxygen atoms in total. The van der Waals surface area contributed by atoms with Gasteiger partial charge in [-0.2, -0.15) is 5.10 Å². The van der Waals surface area contributed by atoms with Crippen LogP contribution in [-0.4, -0.2) is 36.3 Å². The van der Waals surface area contributed by atoms with Crippen molar-refractivity contribution in [2.45, 2.75) is 25.8 Å². The Morgan fingerprint density at radius 2 is 1.90 bits per heavy atom. The summed E-state index contributed by atoms with van der Waals surface area (Å²) >= 11 is 0. The van der Waals surface area contributed by atoms with E-state index in [-0.39, 0.29) is 12.3 Å². The summed E-state index contributed by atoms with van der Waals surface area (Å²) in [5.74, 6) is 0. The number of ether oxygens (including phenoxy) is 2. The Hall–Kier alpha value is -1.85. The van der Waals surface area contributed by atoms with Crippen molar-refractivity contribution in [3.63, 3.8) is 0 Å². The van der Waals surface area contributed by atoms with Gasteiger partial charge in [0.15, 0.2) is 6.29 Å². The van der Waals surface area contributed by atoms with Gasteiger partial charge in [-0.05, 0) is 12.5 Å². The van der Waals surface area contributed by atoms with E-state index < -0.39 is 0 Å². The van der Waals surface area contributed by atoms with Gasteiger partial charge < -0.3 is 14.8 Å². The van der Waals surface area contributed by atoms with E-state index in [4.69, 9.17) is 9.47 Å². The molecule has 0 fully saturated rings. The first-order valence-electron chi connectivity index (χ1n) is 6.61. The lowest BCUT2D eigenvalue weighted by molar-refractivity contribution is -0.109. The van der Waals surface area contributed by atoms with E-state index in [1.54, 1.807) is 14.2 Å². The molecular formula is C15H21N3O2. The number of hydrogen-bond donors (Lipinski definition) is 1. The monoisotopic (exact) mass is 275 g/mol. The number of benzene rings is 1. The molecule has 2 rings (SSSR count). The van der Waals surface area contributed by atoms with Crippen molar-refractivity contribution in [3.05, 3.63) is 48.3 Å². The first kappa shape index (κ1) is 14.6. The molecule has 0 spiro atoms. The van der Waals surface area contributed by atoms with Crippen LogP contribution in [0.2, 0.25) is 0 Å². The standard InChI is InChI=1S/C15H21N3O2/c1-12(15(19-2)20-3)17-14-9-16-18(11-14)10-13-7-5-4-6-8-13/h4-9,11-12,15,17H,10H2,1-3H3. The summed E-state index contributed by atoms with van der Waals surface area (Å²) in [5, 5.41) is 7.66. The predicted molar refractivity (Wildman–Crippen MR) is 78.7 cm³/mol. The van der Waals surface area contributed by atoms with E-state index in [2.05, 4.69) is 22.5 Å². The van der Waals surface area contributed by atoms with Gasteiger partial charge in [-0.25, -0.2) is 0 Å². The van der Waals surface area contributed by atoms with E-state index in [0.29, 0.717) is 0 Å². The van der Waals surface area contributed by atoms with Crippen LogP contribution >= 0.6 is 0 Å². The van der Waals surface area contributed by atoms with Crippen molar-refractivity contribution in [2.75, 3.05) is 19.5 Å². The second-order valence-corrected chi connectivity index (χ2v) is 4.68. The van der Waals surface area contributed by atoms with Crippen LogP contribution in [0, 0.1) is 0 Å². The molecule has 0 aliphatic rings. The molecule has 5 heteroatoms. The van der Waals surface area contributed by atoms with Crippen LogP contribution < -0.4 is 5.32 Å². The molecule has 1 unspecified atom stereocenters. The maximum atomic E-state index is 5.22. The molecule has 0 radical (unpaired) electrons. The lowest BCUT2D eigenvalue weighted by Gasteiger charge is -2.22. The Morgan fingerprint density at radius 1 is 1.20 bits per heavy atom. The van der Waals surface area contributed by atoms with Crippen molar-refractivity contribution >= 4 is 5.69 Å². The normalized spacial score (nSPS) is 12.6. The fourth-order valence-corrected chi connectivity index (χ4v) is 2.13. The highest BCUT2D eigenvalue weighted by atomic mass is 16.7. The minimum absolute atomic E-state index is 0.0411. The van der Waals surface area contributed by atoms with E-state index in [1.165, 1.54) is 5.56 Å². The lowest BCUT2D eigenvalue weighted by atomic mass is 10.2. The van der Waals surface area contributed by atoms with Crippen LogP contribution in [0.25, 0.3) is 0 Å². The Kier molecular flexibility index (Phi) is 5.15. The molecule has 1 aromatic heterocycles. The quantitative estimate of drug-likeness (QED) is 0.788. The number of nitrogens with one attached hydrogen (secondary N) is 1. The van der Waals surface area contributed by atoms with Gasteiger partial charge in [0, 0.05) is 20.4 Å². The number of methoxy groups -OCH3 is 2. The highest BCUT2D eigenvalue weighted by Gasteiger charge is 2.15. The van der Waals surface area contributed by atoms with E-state index in [9.17, 15) is 0 Å². The van der Waals surface area contributed by atoms with Gasteiger partial charge in [0.05, 0.1) is 24.5 Å². The lowest BCUT2D eigenvalue weighted by Crippen LogP contribution is -2.33. The van der Waals surface area contributed by atoms with Gasteiger partial charge in [0.2, 0.25) is 0 Å². The van der Waals surface area contributed by atoms with Crippen molar-refractivity contribution in [1.82, 2.24) is 9.78 Å². The van der Waals surface area contributed by atoms with Crippen molar-refractivity contribution in [1.29, 1.82) is 0 Å². The number of aromatic nitrogens is 2. The minimum atomic E-state index is -0.285. The van der Waals surface area contributed by atoms with Gasteiger partial charge in [-0.3, -0.25) is 4.68 Å². The first-order valence-corrected chi connectivity index (χ1v) is 6.61. The summed E-state index contributed by atoms with van der Waals surface area (Å²) < 4.78 is 12.3. The van der Waals surface area contributed by atoms with Crippen LogP contribution in [0.1, 0.15) is 12.5 Å². The fraction of sp³-hybridized carbons (Fsp3) is 0.400. The molecule has 0 aliphatic carbocycles. The minimum Gasteiger partial charge on any atom is -0.375 e. The Morgan fingerprint density at radius 3 is 2.55 bits per heavy atom. The van der Waals surface area contributed by atoms with Gasteiger partial charge in [0.25, 0.3) is 0 Å². The molecule has 1 atom stereocenters. The molecular weight excluding hydrogens is 254 g/mol. The zero-order valence-corrected chi connectivity index (χ0v) is 12.1. The zero-order valence-electron chi connectivity index (χ0n) is 12.1. The van der Waals surface area contributed by atoms with Gasteiger partial charge in [0.1, 0.15) is 0 Å². The van der Waals surface area contributed by atoms with Crippen molar-refractivity contribution < 1.29 is 9.47 Å². The molecule has 1 aromatic carbocycles. The SMILES string of the molecule is COC(OC)C(C)Nc1cnn(Cc2ccccc2)c1. The van der Waals surface area contributed by atoms with Crippen molar-refractivity contribution in [2.24, 2.45) is 0 Å². The third-order valence-corrected chi connectivity index (χ3v) is 3.09. The highest BCUT2D eigenvalue weighted by molar-refractivity contribution is 5.39. The fourth-order valence-electron chi connectivity index (χ4n) is 2.13. The van der Waals surface area contributed by atoms with Crippen LogP contribution in [-0.2, 0) is 16.0 Å². The van der Waals surface area contributed by atoms with Gasteiger partial charge in [-0.15, -0.1) is 0 Å². The Bertz CT molecular complexity index is 509. The van der Waals surface area contributed by atoms with E-state index >= 15 is 0 Å². The molecule has 108 valence electrons. The maximum Gasteiger partial charge on any atom is 0.176 e. The molecule has 20 heavy (non-hydrogen) atoms. The van der Waals surface area contributed by atoms with Gasteiger partial charge in [-0.1, -0.05) is 30.3 Å². The molecule has 0 bridgehead atoms. The molecule has 0 saturated carbocycles. The van der Waals surface area contributed by atoms with Crippen LogP contribution in [0.3, 0.4) is 0 Å². The number of hydrogen-bond acceptors (Lipinski definition) is 4. The van der Waals surface area contributed by atoms with E-state index in [0.717, 1.165) is 12.2 Å². The molecule has 0 amide bonds. The largest absolute Gasteiger partial charge is 0.375 e. The topological polar surface area (TPSA) is 48.3 Å². The second kappa shape index (κ2) is 7.07. The Balaban J connectivity index is 1.95. The smallest absolute Gasteiger partial charge is 0.176 e. The number of rotatable bonds is 7. The van der Waals surface area contributed by atoms with E-state index in [1.807, 2.05) is 42.2 Å². The van der Waals surface area contributed by atoms with Crippen LogP contribution in [0.5, 0.6) is 0 Å². The number of anilines is 1. The third-order valence-electron chi connectivity index (χ3n) is 3.09. The maximum absolute atomic E-state index is 5.22. The molecule has 1 heterocycles. The number of nitrogens with zero attached hydrogens (tertiary/aromatic N) is 2. The summed E-state index contributed by atoms with van der Waals surface area (Å²) in [6.07, 6.45) is 3.50. The van der Waals surface area contributed by atoms with Crippen molar-refractivity contribution in [3.8, 4) is 0 Å². The molecule has 0 aliphatic heterocycles. The predicted octanol–water partition coefficient (Wildman–Crippen LogP) is 2.35. The molecule has 2 aromatic rings. The first-order chi connectivity index (χ1) is 9.72. The summed E-state index contributed by atoms with van der Waals surface area (Å²) in [6.45, 7) is 2.76.